The van der Waals surface area contributed by atoms with Gasteiger partial charge in [-0.25, -0.2) is 0 Å². The third kappa shape index (κ3) is 1.80. The molecule has 0 aliphatic carbocycles. The molecule has 0 saturated carbocycles. The summed E-state index contributed by atoms with van der Waals surface area (Å²) >= 11 is 14.7. The molecule has 0 bridgehead atoms. The topological polar surface area (TPSA) is 0 Å². The second kappa shape index (κ2) is 3.89. The largest absolute Gasteiger partial charge is 0.138 e. The van der Waals surface area contributed by atoms with Gasteiger partial charge in [0.1, 0.15) is 0 Å². The highest BCUT2D eigenvalue weighted by Crippen LogP contribution is 2.37. The molecule has 0 unspecified atom stereocenters. The first-order valence-electron chi connectivity index (χ1n) is 3.65. The molecule has 0 N–H and O–H groups in total. The minimum absolute atomic E-state index is 0.815. The summed E-state index contributed by atoms with van der Waals surface area (Å²) in [6.07, 6.45) is 0. The fourth-order valence-electron chi connectivity index (χ4n) is 1.16. The highest BCUT2D eigenvalue weighted by atomic mass is 79.9. The third-order valence-corrected chi connectivity index (χ3v) is 5.30. The Balaban J connectivity index is 2.76. The Hall–Kier alpha value is 0.430. The van der Waals surface area contributed by atoms with E-state index in [-0.39, 0.29) is 0 Å². The minimum atomic E-state index is 0.815. The van der Waals surface area contributed by atoms with Crippen molar-refractivity contribution in [3.63, 3.8) is 0 Å². The first kappa shape index (κ1) is 9.97. The van der Waals surface area contributed by atoms with Gasteiger partial charge in [0, 0.05) is 14.7 Å². The number of hydrogen-bond donors (Lipinski definition) is 0. The summed E-state index contributed by atoms with van der Waals surface area (Å²) in [7, 11) is 0. The van der Waals surface area contributed by atoms with E-state index >= 15 is 0 Å². The van der Waals surface area contributed by atoms with E-state index in [0.29, 0.717) is 0 Å². The average Bonchev–Trinajstić information content (AvgIpc) is 2.55. The lowest BCUT2D eigenvalue weighted by Crippen LogP contribution is -1.67. The van der Waals surface area contributed by atoms with Gasteiger partial charge in [-0.05, 0) is 33.4 Å². The van der Waals surface area contributed by atoms with E-state index in [9.17, 15) is 0 Å². The molecule has 0 radical (unpaired) electrons. The maximum absolute atomic E-state index is 6.14. The highest BCUT2D eigenvalue weighted by molar-refractivity contribution is 9.10. The molecule has 1 aromatic heterocycles. The van der Waals surface area contributed by atoms with Crippen LogP contribution in [0.5, 0.6) is 0 Å². The lowest BCUT2D eigenvalue weighted by Gasteiger charge is -1.95. The second-order valence-electron chi connectivity index (χ2n) is 2.63. The lowest BCUT2D eigenvalue weighted by atomic mass is 10.2. The van der Waals surface area contributed by atoms with Crippen LogP contribution in [0, 0.1) is 0 Å². The van der Waals surface area contributed by atoms with Crippen molar-refractivity contribution < 1.29 is 0 Å². The van der Waals surface area contributed by atoms with Gasteiger partial charge in [0.25, 0.3) is 0 Å². The van der Waals surface area contributed by atoms with Gasteiger partial charge in [0.2, 0.25) is 0 Å². The monoisotopic (exact) mass is 338 g/mol. The van der Waals surface area contributed by atoms with E-state index in [2.05, 4.69) is 44.0 Å². The zero-order chi connectivity index (χ0) is 9.42. The van der Waals surface area contributed by atoms with Gasteiger partial charge in [-0.2, -0.15) is 0 Å². The van der Waals surface area contributed by atoms with Crippen molar-refractivity contribution in [2.24, 2.45) is 0 Å². The van der Waals surface area contributed by atoms with Crippen molar-refractivity contribution in [2.75, 3.05) is 0 Å². The SMILES string of the molecule is Clc1c(Br)ccc2cc(CBr)sc12. The predicted octanol–water partition coefficient (Wildman–Crippen LogP) is 5.21. The number of halogens is 3. The standard InChI is InChI=1S/C9H5Br2ClS/c10-4-6-3-5-1-2-7(11)8(12)9(5)13-6/h1-3H,4H2. The molecular weight excluding hydrogens is 335 g/mol. The van der Waals surface area contributed by atoms with Crippen LogP contribution in [-0.4, -0.2) is 0 Å². The van der Waals surface area contributed by atoms with Crippen molar-refractivity contribution in [2.45, 2.75) is 5.33 Å². The molecule has 0 atom stereocenters. The molecule has 13 heavy (non-hydrogen) atoms. The summed E-state index contributed by atoms with van der Waals surface area (Å²) in [5.41, 5.74) is 0. The van der Waals surface area contributed by atoms with Gasteiger partial charge in [-0.1, -0.05) is 33.6 Å². The van der Waals surface area contributed by atoms with E-state index in [4.69, 9.17) is 11.6 Å². The number of alkyl halides is 1. The van der Waals surface area contributed by atoms with E-state index in [1.807, 2.05) is 6.07 Å². The van der Waals surface area contributed by atoms with E-state index in [0.717, 1.165) is 19.5 Å². The van der Waals surface area contributed by atoms with Crippen LogP contribution in [0.3, 0.4) is 0 Å². The first-order chi connectivity index (χ1) is 6.22. The molecule has 0 nitrogen and oxygen atoms in total. The van der Waals surface area contributed by atoms with Crippen LogP contribution >= 0.6 is 54.8 Å². The number of fused-ring (bicyclic) bond motifs is 1. The molecule has 0 spiro atoms. The summed E-state index contributed by atoms with van der Waals surface area (Å²) < 4.78 is 2.12. The Morgan fingerprint density at radius 3 is 2.85 bits per heavy atom. The van der Waals surface area contributed by atoms with Gasteiger partial charge >= 0.3 is 0 Å². The molecule has 0 fully saturated rings. The van der Waals surface area contributed by atoms with Crippen LogP contribution in [0.2, 0.25) is 5.02 Å². The maximum Gasteiger partial charge on any atom is 0.0726 e. The minimum Gasteiger partial charge on any atom is -0.138 e. The molecule has 4 heteroatoms. The summed E-state index contributed by atoms with van der Waals surface area (Å²) in [6, 6.07) is 6.22. The van der Waals surface area contributed by atoms with Gasteiger partial charge in [0.15, 0.2) is 0 Å². The van der Waals surface area contributed by atoms with Crippen molar-refractivity contribution in [1.82, 2.24) is 0 Å². The number of thiophene rings is 1. The van der Waals surface area contributed by atoms with Crippen molar-refractivity contribution in [1.29, 1.82) is 0 Å². The lowest BCUT2D eigenvalue weighted by molar-refractivity contribution is 1.60. The molecule has 1 heterocycles. The summed E-state index contributed by atoms with van der Waals surface area (Å²) in [5.74, 6) is 0. The summed E-state index contributed by atoms with van der Waals surface area (Å²) in [5, 5.41) is 2.92. The van der Waals surface area contributed by atoms with Crippen LogP contribution in [0.4, 0.5) is 0 Å². The quantitative estimate of drug-likeness (QED) is 0.625. The van der Waals surface area contributed by atoms with Gasteiger partial charge in [-0.15, -0.1) is 11.3 Å². The van der Waals surface area contributed by atoms with E-state index in [1.54, 1.807) is 11.3 Å². The third-order valence-electron chi connectivity index (χ3n) is 1.76. The van der Waals surface area contributed by atoms with Crippen LogP contribution in [-0.2, 0) is 5.33 Å². The van der Waals surface area contributed by atoms with Gasteiger partial charge in [-0.3, -0.25) is 0 Å². The first-order valence-corrected chi connectivity index (χ1v) is 6.75. The van der Waals surface area contributed by atoms with Crippen molar-refractivity contribution in [3.8, 4) is 0 Å². The molecule has 1 aromatic carbocycles. The smallest absolute Gasteiger partial charge is 0.0726 e. The van der Waals surface area contributed by atoms with Gasteiger partial charge < -0.3 is 0 Å². The van der Waals surface area contributed by atoms with E-state index < -0.39 is 0 Å². The average molecular weight is 340 g/mol. The van der Waals surface area contributed by atoms with E-state index in [1.165, 1.54) is 10.3 Å². The van der Waals surface area contributed by atoms with Crippen LogP contribution < -0.4 is 0 Å². The maximum atomic E-state index is 6.14. The molecule has 0 aliphatic heterocycles. The second-order valence-corrected chi connectivity index (χ2v) is 5.56. The number of rotatable bonds is 1. The Kier molecular flexibility index (Phi) is 2.98. The normalized spacial score (nSPS) is 11.0. The molecular formula is C9H5Br2ClS. The zero-order valence-corrected chi connectivity index (χ0v) is 11.2. The Bertz CT molecular complexity index is 450. The molecule has 2 rings (SSSR count). The Morgan fingerprint density at radius 2 is 2.15 bits per heavy atom. The summed E-state index contributed by atoms with van der Waals surface area (Å²) in [4.78, 5) is 1.30. The Morgan fingerprint density at radius 1 is 1.38 bits per heavy atom. The van der Waals surface area contributed by atoms with Crippen LogP contribution in [0.15, 0.2) is 22.7 Å². The number of hydrogen-bond acceptors (Lipinski definition) is 1. The predicted molar refractivity (Wildman–Crippen MR) is 67.2 cm³/mol. The molecule has 2 aromatic rings. The zero-order valence-electron chi connectivity index (χ0n) is 6.48. The highest BCUT2D eigenvalue weighted by Gasteiger charge is 2.06. The molecule has 0 aliphatic rings. The van der Waals surface area contributed by atoms with Crippen molar-refractivity contribution >= 4 is 64.9 Å². The summed E-state index contributed by atoms with van der Waals surface area (Å²) in [6.45, 7) is 0. The van der Waals surface area contributed by atoms with Gasteiger partial charge in [0.05, 0.1) is 9.72 Å². The van der Waals surface area contributed by atoms with Crippen molar-refractivity contribution in [3.05, 3.63) is 32.6 Å². The van der Waals surface area contributed by atoms with Crippen LogP contribution in [0.1, 0.15) is 4.88 Å². The van der Waals surface area contributed by atoms with Crippen LogP contribution in [0.25, 0.3) is 10.1 Å². The molecule has 68 valence electrons. The fraction of sp³-hybridized carbons (Fsp3) is 0.111. The Labute approximate surface area is 102 Å². The molecule has 0 amide bonds. The molecule has 0 saturated heterocycles. The number of benzene rings is 1. The fourth-order valence-corrected chi connectivity index (χ4v) is 3.37.